The second-order valence-corrected chi connectivity index (χ2v) is 4.66. The van der Waals surface area contributed by atoms with Gasteiger partial charge in [0.1, 0.15) is 5.75 Å². The zero-order chi connectivity index (χ0) is 14.1. The van der Waals surface area contributed by atoms with Crippen LogP contribution in [-0.2, 0) is 4.74 Å². The summed E-state index contributed by atoms with van der Waals surface area (Å²) in [5.41, 5.74) is 1.24. The van der Waals surface area contributed by atoms with Gasteiger partial charge >= 0.3 is 0 Å². The minimum absolute atomic E-state index is 0.245. The third-order valence-corrected chi connectivity index (χ3v) is 3.17. The van der Waals surface area contributed by atoms with E-state index in [0.29, 0.717) is 19.3 Å². The number of nitrogens with one attached hydrogen (secondary N) is 1. The summed E-state index contributed by atoms with van der Waals surface area (Å²) in [5.74, 6) is 0.921. The van der Waals surface area contributed by atoms with Gasteiger partial charge in [0.2, 0.25) is 0 Å². The first-order valence-corrected chi connectivity index (χ1v) is 7.28. The van der Waals surface area contributed by atoms with Crippen molar-refractivity contribution in [3.8, 4) is 5.75 Å². The number of hydrogen-bond donors (Lipinski definition) is 1. The largest absolute Gasteiger partial charge is 0.494 e. The molecule has 0 aliphatic carbocycles. The van der Waals surface area contributed by atoms with Crippen LogP contribution < -0.4 is 10.1 Å². The third-order valence-electron chi connectivity index (χ3n) is 3.17. The van der Waals surface area contributed by atoms with Crippen LogP contribution in [-0.4, -0.2) is 25.9 Å². The van der Waals surface area contributed by atoms with E-state index in [2.05, 4.69) is 38.2 Å². The summed E-state index contributed by atoms with van der Waals surface area (Å²) < 4.78 is 11.3. The first kappa shape index (κ1) is 16.0. The van der Waals surface area contributed by atoms with Crippen molar-refractivity contribution in [3.63, 3.8) is 0 Å². The molecule has 0 aromatic heterocycles. The van der Waals surface area contributed by atoms with Crippen molar-refractivity contribution in [1.29, 1.82) is 0 Å². The van der Waals surface area contributed by atoms with Crippen molar-refractivity contribution in [1.82, 2.24) is 5.32 Å². The second-order valence-electron chi connectivity index (χ2n) is 4.66. The number of benzene rings is 1. The second kappa shape index (κ2) is 8.94. The van der Waals surface area contributed by atoms with Crippen LogP contribution >= 0.6 is 0 Å². The molecule has 0 bridgehead atoms. The summed E-state index contributed by atoms with van der Waals surface area (Å²) >= 11 is 0. The number of ether oxygens (including phenoxy) is 2. The number of rotatable bonds is 9. The van der Waals surface area contributed by atoms with E-state index in [-0.39, 0.29) is 6.04 Å². The van der Waals surface area contributed by atoms with Crippen LogP contribution in [0.5, 0.6) is 5.75 Å². The van der Waals surface area contributed by atoms with E-state index in [0.717, 1.165) is 18.7 Å². The fraction of sp³-hybridized carbons (Fsp3) is 0.625. The molecule has 3 nitrogen and oxygen atoms in total. The molecule has 0 spiro atoms. The molecule has 3 heteroatoms. The smallest absolute Gasteiger partial charge is 0.119 e. The fourth-order valence-electron chi connectivity index (χ4n) is 1.86. The Morgan fingerprint density at radius 3 is 2.32 bits per heavy atom. The Balaban J connectivity index is 2.63. The Hall–Kier alpha value is -1.06. The molecule has 1 aromatic carbocycles. The van der Waals surface area contributed by atoms with Crippen LogP contribution in [0, 0.1) is 0 Å². The Bertz CT molecular complexity index is 337. The minimum Gasteiger partial charge on any atom is -0.494 e. The lowest BCUT2D eigenvalue weighted by Crippen LogP contribution is -2.27. The van der Waals surface area contributed by atoms with Crippen LogP contribution in [0.25, 0.3) is 0 Å². The van der Waals surface area contributed by atoms with Crippen molar-refractivity contribution < 1.29 is 9.47 Å². The Kier molecular flexibility index (Phi) is 7.53. The van der Waals surface area contributed by atoms with Gasteiger partial charge in [0, 0.05) is 0 Å². The van der Waals surface area contributed by atoms with Gasteiger partial charge in [-0.15, -0.1) is 0 Å². The lowest BCUT2D eigenvalue weighted by Gasteiger charge is -2.21. The standard InChI is InChI=1S/C16H27NO2/c1-5-13(4)19-12-16(17-6-2)14-8-10-15(11-9-14)18-7-3/h8-11,13,16-17H,5-7,12H2,1-4H3. The number of hydrogen-bond acceptors (Lipinski definition) is 3. The van der Waals surface area contributed by atoms with Gasteiger partial charge in [-0.05, 0) is 44.5 Å². The van der Waals surface area contributed by atoms with Crippen LogP contribution in [0.15, 0.2) is 24.3 Å². The molecule has 108 valence electrons. The van der Waals surface area contributed by atoms with Crippen LogP contribution in [0.1, 0.15) is 45.7 Å². The molecule has 1 N–H and O–H groups in total. The molecule has 0 radical (unpaired) electrons. The summed E-state index contributed by atoms with van der Waals surface area (Å²) in [6, 6.07) is 8.50. The molecule has 2 atom stereocenters. The van der Waals surface area contributed by atoms with E-state index < -0.39 is 0 Å². The van der Waals surface area contributed by atoms with Crippen molar-refractivity contribution in [2.45, 2.75) is 46.3 Å². The zero-order valence-corrected chi connectivity index (χ0v) is 12.6. The minimum atomic E-state index is 0.245. The van der Waals surface area contributed by atoms with E-state index >= 15 is 0 Å². The molecule has 0 amide bonds. The Labute approximate surface area is 117 Å². The predicted molar refractivity (Wildman–Crippen MR) is 79.7 cm³/mol. The van der Waals surface area contributed by atoms with E-state index in [9.17, 15) is 0 Å². The molecule has 1 rings (SSSR count). The van der Waals surface area contributed by atoms with E-state index in [1.54, 1.807) is 0 Å². The zero-order valence-electron chi connectivity index (χ0n) is 12.6. The average molecular weight is 265 g/mol. The molecular formula is C16H27NO2. The van der Waals surface area contributed by atoms with E-state index in [1.165, 1.54) is 5.56 Å². The highest BCUT2D eigenvalue weighted by molar-refractivity contribution is 5.29. The average Bonchev–Trinajstić information content (AvgIpc) is 2.44. The molecule has 1 aromatic rings. The van der Waals surface area contributed by atoms with Gasteiger partial charge in [0.15, 0.2) is 0 Å². The highest BCUT2D eigenvalue weighted by Gasteiger charge is 2.12. The summed E-state index contributed by atoms with van der Waals surface area (Å²) in [6.45, 7) is 10.7. The van der Waals surface area contributed by atoms with Gasteiger partial charge in [-0.25, -0.2) is 0 Å². The van der Waals surface area contributed by atoms with E-state index in [1.807, 2.05) is 19.1 Å². The van der Waals surface area contributed by atoms with E-state index in [4.69, 9.17) is 9.47 Å². The molecular weight excluding hydrogens is 238 g/mol. The Morgan fingerprint density at radius 1 is 1.11 bits per heavy atom. The molecule has 0 saturated heterocycles. The molecule has 19 heavy (non-hydrogen) atoms. The SMILES string of the molecule is CCNC(COC(C)CC)c1ccc(OCC)cc1. The van der Waals surface area contributed by atoms with Gasteiger partial charge in [-0.2, -0.15) is 0 Å². The maximum Gasteiger partial charge on any atom is 0.119 e. The van der Waals surface area contributed by atoms with Crippen molar-refractivity contribution in [2.75, 3.05) is 19.8 Å². The van der Waals surface area contributed by atoms with Gasteiger partial charge in [0.25, 0.3) is 0 Å². The summed E-state index contributed by atoms with van der Waals surface area (Å²) in [4.78, 5) is 0. The monoisotopic (exact) mass is 265 g/mol. The molecule has 0 saturated carbocycles. The summed E-state index contributed by atoms with van der Waals surface area (Å²) in [6.07, 6.45) is 1.35. The first-order valence-electron chi connectivity index (χ1n) is 7.28. The van der Waals surface area contributed by atoms with Gasteiger partial charge in [-0.3, -0.25) is 0 Å². The van der Waals surface area contributed by atoms with Crippen LogP contribution in [0.3, 0.4) is 0 Å². The van der Waals surface area contributed by atoms with Crippen molar-refractivity contribution in [2.24, 2.45) is 0 Å². The normalized spacial score (nSPS) is 14.1. The quantitative estimate of drug-likeness (QED) is 0.740. The van der Waals surface area contributed by atoms with Gasteiger partial charge in [0.05, 0.1) is 25.4 Å². The molecule has 0 aliphatic rings. The topological polar surface area (TPSA) is 30.5 Å². The molecule has 0 fully saturated rings. The third kappa shape index (κ3) is 5.62. The highest BCUT2D eigenvalue weighted by atomic mass is 16.5. The van der Waals surface area contributed by atoms with Crippen LogP contribution in [0.2, 0.25) is 0 Å². The predicted octanol–water partition coefficient (Wildman–Crippen LogP) is 3.55. The van der Waals surface area contributed by atoms with Gasteiger partial charge in [-0.1, -0.05) is 26.0 Å². The van der Waals surface area contributed by atoms with Crippen molar-refractivity contribution >= 4 is 0 Å². The van der Waals surface area contributed by atoms with Crippen LogP contribution in [0.4, 0.5) is 0 Å². The lowest BCUT2D eigenvalue weighted by atomic mass is 10.1. The lowest BCUT2D eigenvalue weighted by molar-refractivity contribution is 0.0476. The molecule has 0 heterocycles. The highest BCUT2D eigenvalue weighted by Crippen LogP contribution is 2.19. The maximum atomic E-state index is 5.84. The fourth-order valence-corrected chi connectivity index (χ4v) is 1.86. The summed E-state index contributed by atoms with van der Waals surface area (Å²) in [7, 11) is 0. The maximum absolute atomic E-state index is 5.84. The summed E-state index contributed by atoms with van der Waals surface area (Å²) in [5, 5.41) is 3.46. The van der Waals surface area contributed by atoms with Gasteiger partial charge < -0.3 is 14.8 Å². The Morgan fingerprint density at radius 2 is 1.79 bits per heavy atom. The molecule has 0 aliphatic heterocycles. The molecule has 2 unspecified atom stereocenters. The van der Waals surface area contributed by atoms with Crippen molar-refractivity contribution in [3.05, 3.63) is 29.8 Å². The first-order chi connectivity index (χ1) is 9.21. The number of likely N-dealkylation sites (N-methyl/N-ethyl adjacent to an activating group) is 1.